The lowest BCUT2D eigenvalue weighted by Crippen LogP contribution is -2.40. The van der Waals surface area contributed by atoms with E-state index in [9.17, 15) is 5.11 Å². The number of hydrogen-bond donors (Lipinski definition) is 1. The predicted molar refractivity (Wildman–Crippen MR) is 103 cm³/mol. The molecule has 1 heterocycles. The molecule has 23 heavy (non-hydrogen) atoms. The Morgan fingerprint density at radius 3 is 2.83 bits per heavy atom. The van der Waals surface area contributed by atoms with Crippen LogP contribution >= 0.6 is 23.5 Å². The van der Waals surface area contributed by atoms with E-state index in [1.54, 1.807) is 5.56 Å². The fourth-order valence-electron chi connectivity index (χ4n) is 5.23. The first kappa shape index (κ1) is 16.2. The molecule has 1 spiro atoms. The van der Waals surface area contributed by atoms with E-state index in [0.29, 0.717) is 9.83 Å². The second-order valence-corrected chi connectivity index (χ2v) is 10.8. The second kappa shape index (κ2) is 6.55. The lowest BCUT2D eigenvalue weighted by molar-refractivity contribution is 0.165. The first-order chi connectivity index (χ1) is 11.2. The minimum absolute atomic E-state index is 0.444. The van der Waals surface area contributed by atoms with Gasteiger partial charge in [-0.15, -0.1) is 23.5 Å². The molecular formula is C20H28OS2. The van der Waals surface area contributed by atoms with Gasteiger partial charge < -0.3 is 5.11 Å². The van der Waals surface area contributed by atoms with Crippen LogP contribution in [0, 0.1) is 11.8 Å². The molecule has 4 rings (SSSR count). The number of thioether (sulfide) groups is 2. The summed E-state index contributed by atoms with van der Waals surface area (Å²) >= 11 is 4.50. The van der Waals surface area contributed by atoms with Gasteiger partial charge in [0, 0.05) is 11.5 Å². The van der Waals surface area contributed by atoms with Crippen LogP contribution in [0.15, 0.2) is 18.2 Å². The minimum Gasteiger partial charge on any atom is -0.508 e. The molecule has 3 atom stereocenters. The van der Waals surface area contributed by atoms with Gasteiger partial charge in [0.15, 0.2) is 0 Å². The van der Waals surface area contributed by atoms with Crippen molar-refractivity contribution < 1.29 is 5.11 Å². The van der Waals surface area contributed by atoms with Gasteiger partial charge >= 0.3 is 0 Å². The monoisotopic (exact) mass is 348 g/mol. The average molecular weight is 349 g/mol. The van der Waals surface area contributed by atoms with Gasteiger partial charge in [-0.05, 0) is 66.7 Å². The minimum atomic E-state index is 0.444. The van der Waals surface area contributed by atoms with Crippen molar-refractivity contribution in [3.63, 3.8) is 0 Å². The maximum atomic E-state index is 9.85. The average Bonchev–Trinajstić information content (AvgIpc) is 2.99. The molecule has 2 aliphatic carbocycles. The molecule has 1 N–H and O–H groups in total. The third kappa shape index (κ3) is 3.04. The number of rotatable bonds is 3. The predicted octanol–water partition coefficient (Wildman–Crippen LogP) is 5.81. The highest BCUT2D eigenvalue weighted by Gasteiger charge is 2.49. The van der Waals surface area contributed by atoms with Crippen LogP contribution in [-0.4, -0.2) is 20.7 Å². The van der Waals surface area contributed by atoms with Crippen molar-refractivity contribution >= 4 is 23.5 Å². The molecule has 3 aliphatic rings. The zero-order valence-corrected chi connectivity index (χ0v) is 15.7. The van der Waals surface area contributed by atoms with Gasteiger partial charge in [-0.25, -0.2) is 0 Å². The first-order valence-corrected chi connectivity index (χ1v) is 11.3. The van der Waals surface area contributed by atoms with E-state index in [4.69, 9.17) is 0 Å². The quantitative estimate of drug-likeness (QED) is 0.744. The Hall–Kier alpha value is -0.280. The number of phenolic OH excluding ortho intramolecular Hbond substituents is 1. The number of fused-ring (bicyclic) bond motifs is 3. The molecule has 2 fully saturated rings. The van der Waals surface area contributed by atoms with Crippen LogP contribution < -0.4 is 0 Å². The molecule has 0 bridgehead atoms. The highest BCUT2D eigenvalue weighted by atomic mass is 32.2. The third-order valence-corrected chi connectivity index (χ3v) is 9.74. The molecule has 1 saturated carbocycles. The Kier molecular flexibility index (Phi) is 4.62. The van der Waals surface area contributed by atoms with E-state index in [1.165, 1.54) is 62.0 Å². The van der Waals surface area contributed by atoms with Gasteiger partial charge in [-0.1, -0.05) is 32.3 Å². The fraction of sp³-hybridized carbons (Fsp3) is 0.700. The maximum absolute atomic E-state index is 9.85. The normalized spacial score (nSPS) is 31.8. The molecule has 0 amide bonds. The van der Waals surface area contributed by atoms with Crippen LogP contribution in [0.25, 0.3) is 0 Å². The first-order valence-electron chi connectivity index (χ1n) is 9.30. The van der Waals surface area contributed by atoms with Crippen molar-refractivity contribution in [1.82, 2.24) is 0 Å². The summed E-state index contributed by atoms with van der Waals surface area (Å²) in [7, 11) is 0. The molecule has 1 aliphatic heterocycles. The molecule has 0 aromatic heterocycles. The Morgan fingerprint density at radius 1 is 1.22 bits per heavy atom. The van der Waals surface area contributed by atoms with Gasteiger partial charge in [0.05, 0.1) is 4.08 Å². The van der Waals surface area contributed by atoms with Crippen LogP contribution in [0.5, 0.6) is 5.75 Å². The highest BCUT2D eigenvalue weighted by molar-refractivity contribution is 8.21. The van der Waals surface area contributed by atoms with Crippen molar-refractivity contribution in [3.8, 4) is 5.75 Å². The van der Waals surface area contributed by atoms with Crippen LogP contribution in [0.3, 0.4) is 0 Å². The highest BCUT2D eigenvalue weighted by Crippen LogP contribution is 2.62. The molecular weight excluding hydrogens is 320 g/mol. The van der Waals surface area contributed by atoms with E-state index in [0.717, 1.165) is 17.8 Å². The largest absolute Gasteiger partial charge is 0.508 e. The lowest BCUT2D eigenvalue weighted by Gasteiger charge is -2.49. The summed E-state index contributed by atoms with van der Waals surface area (Å²) < 4.78 is 0.492. The van der Waals surface area contributed by atoms with E-state index < -0.39 is 0 Å². The van der Waals surface area contributed by atoms with Crippen LogP contribution in [0.2, 0.25) is 0 Å². The molecule has 126 valence electrons. The van der Waals surface area contributed by atoms with E-state index in [2.05, 4.69) is 36.5 Å². The summed E-state index contributed by atoms with van der Waals surface area (Å²) in [5.41, 5.74) is 2.98. The molecule has 0 unspecified atom stereocenters. The standard InChI is InChI=1S/C20H28OS2/c1-2-3-4-15-12-20(22-9-10-23-20)13-19-17-8-6-16(21)11-14(17)5-7-18(15)19/h6,8,11,15,18-19,21H,2-5,7,9-10,12-13H2,1H3/t15-,18-,19+/m0/s1. The van der Waals surface area contributed by atoms with Crippen LogP contribution in [0.4, 0.5) is 0 Å². The summed E-state index contributed by atoms with van der Waals surface area (Å²) in [4.78, 5) is 0. The Morgan fingerprint density at radius 2 is 2.04 bits per heavy atom. The summed E-state index contributed by atoms with van der Waals surface area (Å²) in [6.45, 7) is 2.33. The Labute approximate surface area is 149 Å². The van der Waals surface area contributed by atoms with Crippen molar-refractivity contribution in [2.45, 2.75) is 61.9 Å². The molecule has 1 aromatic carbocycles. The number of aryl methyl sites for hydroxylation is 1. The topological polar surface area (TPSA) is 20.2 Å². The van der Waals surface area contributed by atoms with Gasteiger partial charge in [0.2, 0.25) is 0 Å². The number of aromatic hydroxyl groups is 1. The van der Waals surface area contributed by atoms with Gasteiger partial charge in [-0.2, -0.15) is 0 Å². The molecule has 3 heteroatoms. The molecule has 1 nitrogen and oxygen atoms in total. The summed E-state index contributed by atoms with van der Waals surface area (Å²) in [5, 5.41) is 9.85. The Balaban J connectivity index is 1.67. The number of hydrogen-bond acceptors (Lipinski definition) is 3. The number of phenols is 1. The van der Waals surface area contributed by atoms with Gasteiger partial charge in [-0.3, -0.25) is 0 Å². The van der Waals surface area contributed by atoms with Crippen LogP contribution in [0.1, 0.15) is 62.5 Å². The van der Waals surface area contributed by atoms with Crippen molar-refractivity contribution in [3.05, 3.63) is 29.3 Å². The fourth-order valence-corrected chi connectivity index (χ4v) is 8.74. The SMILES string of the molecule is CCCC[C@H]1CC2(C[C@@H]3c4ccc(O)cc4CC[C@@H]13)SCCS2. The van der Waals surface area contributed by atoms with E-state index >= 15 is 0 Å². The van der Waals surface area contributed by atoms with E-state index in [-0.39, 0.29) is 0 Å². The van der Waals surface area contributed by atoms with Crippen molar-refractivity contribution in [2.75, 3.05) is 11.5 Å². The third-order valence-electron chi connectivity index (χ3n) is 6.24. The number of benzene rings is 1. The van der Waals surface area contributed by atoms with Crippen molar-refractivity contribution in [2.24, 2.45) is 11.8 Å². The lowest BCUT2D eigenvalue weighted by atomic mass is 9.62. The molecule has 0 radical (unpaired) electrons. The number of unbranched alkanes of at least 4 members (excludes halogenated alkanes) is 1. The van der Waals surface area contributed by atoms with Crippen LogP contribution in [-0.2, 0) is 6.42 Å². The van der Waals surface area contributed by atoms with Gasteiger partial charge in [0.25, 0.3) is 0 Å². The zero-order valence-electron chi connectivity index (χ0n) is 14.1. The summed E-state index contributed by atoms with van der Waals surface area (Å²) in [6.07, 6.45) is 9.44. The summed E-state index contributed by atoms with van der Waals surface area (Å²) in [5.74, 6) is 5.64. The van der Waals surface area contributed by atoms with Crippen molar-refractivity contribution in [1.29, 1.82) is 0 Å². The smallest absolute Gasteiger partial charge is 0.115 e. The second-order valence-electron chi connectivity index (χ2n) is 7.61. The molecule has 1 saturated heterocycles. The Bertz CT molecular complexity index is 565. The summed E-state index contributed by atoms with van der Waals surface area (Å²) in [6, 6.07) is 6.18. The zero-order chi connectivity index (χ0) is 15.9. The van der Waals surface area contributed by atoms with Gasteiger partial charge in [0.1, 0.15) is 5.75 Å². The van der Waals surface area contributed by atoms with E-state index in [1.807, 2.05) is 12.1 Å². The molecule has 1 aromatic rings. The maximum Gasteiger partial charge on any atom is 0.115 e.